The van der Waals surface area contributed by atoms with E-state index in [2.05, 4.69) is 149 Å². The molecule has 14 heteroatoms. The number of rotatable bonds is 18. The first kappa shape index (κ1) is 60.2. The molecule has 12 nitrogen and oxygen atoms in total. The molecule has 0 saturated carbocycles. The molecule has 0 aliphatic rings. The second-order valence-electron chi connectivity index (χ2n) is 21.0. The number of esters is 2. The average molecular weight is 1170 g/mol. The van der Waals surface area contributed by atoms with Crippen LogP contribution >= 0.6 is 22.6 Å². The Bertz CT molecular complexity index is 3090. The average Bonchev–Trinajstić information content (AvgIpc) is 4.18. The summed E-state index contributed by atoms with van der Waals surface area (Å²) >= 11 is 2.33. The summed E-state index contributed by atoms with van der Waals surface area (Å²) < 4.78 is 33.5. The van der Waals surface area contributed by atoms with Crippen molar-refractivity contribution in [3.63, 3.8) is 0 Å². The van der Waals surface area contributed by atoms with Crippen molar-refractivity contribution in [3.05, 3.63) is 218 Å². The molecule has 0 spiro atoms. The largest absolute Gasteiger partial charge is 0.489 e. The Kier molecular flexibility index (Phi) is 22.1. The Labute approximate surface area is 473 Å². The van der Waals surface area contributed by atoms with E-state index in [0.29, 0.717) is 43.3 Å². The molecule has 78 heavy (non-hydrogen) atoms. The molecule has 8 aromatic rings. The van der Waals surface area contributed by atoms with E-state index in [4.69, 9.17) is 38.0 Å². The van der Waals surface area contributed by atoms with E-state index in [1.807, 2.05) is 60.7 Å². The normalized spacial score (nSPS) is 12.0. The van der Waals surface area contributed by atoms with E-state index in [1.54, 1.807) is 38.1 Å². The molecule has 2 atom stereocenters. The van der Waals surface area contributed by atoms with Crippen LogP contribution < -0.4 is 14.9 Å². The van der Waals surface area contributed by atoms with Crippen LogP contribution in [0.15, 0.2) is 167 Å². The van der Waals surface area contributed by atoms with E-state index in [-0.39, 0.29) is 47.4 Å². The van der Waals surface area contributed by atoms with Gasteiger partial charge in [0.15, 0.2) is 0 Å². The highest BCUT2D eigenvalue weighted by Gasteiger charge is 2.24. The second-order valence-corrected chi connectivity index (χ2v) is 22.2. The highest BCUT2D eigenvalue weighted by molar-refractivity contribution is 14.1. The molecule has 0 radical (unpaired) electrons. The molecule has 0 aliphatic heterocycles. The Balaban J connectivity index is 0.000000211. The van der Waals surface area contributed by atoms with Crippen molar-refractivity contribution in [2.45, 2.75) is 118 Å². The van der Waals surface area contributed by atoms with Crippen LogP contribution in [0.3, 0.4) is 0 Å². The zero-order valence-electron chi connectivity index (χ0n) is 46.4. The first-order valence-electron chi connectivity index (χ1n) is 26.2. The first-order chi connectivity index (χ1) is 37.2. The van der Waals surface area contributed by atoms with Gasteiger partial charge in [-0.3, -0.25) is 9.59 Å². The lowest BCUT2D eigenvalue weighted by molar-refractivity contribution is -0.144. The van der Waals surface area contributed by atoms with Gasteiger partial charge in [0.25, 0.3) is 0 Å². The van der Waals surface area contributed by atoms with E-state index < -0.39 is 7.12 Å². The number of ether oxygens (including phenoxy) is 4. The fourth-order valence-electron chi connectivity index (χ4n) is 8.39. The van der Waals surface area contributed by atoms with Gasteiger partial charge in [-0.25, -0.2) is 0 Å². The van der Waals surface area contributed by atoms with Crippen LogP contribution in [0, 0.1) is 17.4 Å². The van der Waals surface area contributed by atoms with Crippen molar-refractivity contribution in [2.24, 2.45) is 0 Å². The summed E-state index contributed by atoms with van der Waals surface area (Å²) in [5.74, 6) is 0.551. The van der Waals surface area contributed by atoms with E-state index in [9.17, 15) is 9.59 Å². The van der Waals surface area contributed by atoms with Crippen LogP contribution in [-0.4, -0.2) is 52.6 Å². The van der Waals surface area contributed by atoms with Crippen molar-refractivity contribution < 1.29 is 47.6 Å². The predicted molar refractivity (Wildman–Crippen MR) is 315 cm³/mol. The highest BCUT2D eigenvalue weighted by Crippen LogP contribution is 2.33. The standard InChI is InChI=1S/C32H35NO4.C22H22INO4.C10H15BO2/c1-6-35-31(34)20-29(30-17-18-37-33-30)25-11-15-27(16-12-25)36-21-23-8-7-22(2)28(19-23)24-9-13-26(14-10-24)32(3,4)5;1-3-26-22(25)13-19(21-10-11-28-24-21)17-6-8-18(9-7-17)27-14-16-5-4-15(2)20(23)12-16;1-10(2,3)8-4-6-9(7-5-8)11(12)13/h7-19,29H,6,20-21H2,1-5H3;4-12,19H,3,13-14H2,1-2H3;4-7,12-13H,1-3H3/t29-;19-;/m00./s1. The third-order valence-electron chi connectivity index (χ3n) is 13.0. The van der Waals surface area contributed by atoms with Gasteiger partial charge in [-0.2, -0.15) is 0 Å². The Morgan fingerprint density at radius 2 is 0.987 bits per heavy atom. The summed E-state index contributed by atoms with van der Waals surface area (Å²) in [4.78, 5) is 24.2. The van der Waals surface area contributed by atoms with E-state index in [1.165, 1.54) is 49.5 Å². The molecule has 408 valence electrons. The Hall–Kier alpha value is -7.01. The lowest BCUT2D eigenvalue weighted by Crippen LogP contribution is -2.29. The Morgan fingerprint density at radius 3 is 1.37 bits per heavy atom. The number of halogens is 1. The zero-order chi connectivity index (χ0) is 56.4. The minimum Gasteiger partial charge on any atom is -0.489 e. The van der Waals surface area contributed by atoms with E-state index >= 15 is 0 Å². The van der Waals surface area contributed by atoms with Crippen LogP contribution in [-0.2, 0) is 43.1 Å². The minimum absolute atomic E-state index is 0.110. The number of aryl methyl sites for hydroxylation is 2. The van der Waals surface area contributed by atoms with Crippen LogP contribution in [0.5, 0.6) is 11.5 Å². The topological polar surface area (TPSA) is 164 Å². The minimum atomic E-state index is -1.37. The van der Waals surface area contributed by atoms with Crippen molar-refractivity contribution in [3.8, 4) is 22.6 Å². The number of nitrogens with zero attached hydrogens (tertiary/aromatic N) is 2. The van der Waals surface area contributed by atoms with Crippen LogP contribution in [0.1, 0.15) is 136 Å². The van der Waals surface area contributed by atoms with Crippen LogP contribution in [0.2, 0.25) is 0 Å². The molecule has 0 bridgehead atoms. The first-order valence-corrected chi connectivity index (χ1v) is 27.3. The zero-order valence-corrected chi connectivity index (χ0v) is 48.6. The number of hydrogen-bond acceptors (Lipinski definition) is 12. The maximum atomic E-state index is 12.2. The van der Waals surface area contributed by atoms with Gasteiger partial charge in [-0.15, -0.1) is 0 Å². The SMILES string of the molecule is CC(C)(C)c1ccc(B(O)O)cc1.CCOC(=O)C[C@@H](c1ccc(OCc2ccc(C)c(-c3ccc(C(C)(C)C)cc3)c2)cc1)c1ccon1.CCOC(=O)C[C@@H](c1ccc(OCc2ccc(C)c(I)c2)cc1)c1ccon1. The summed E-state index contributed by atoms with van der Waals surface area (Å²) in [6.07, 6.45) is 3.43. The van der Waals surface area contributed by atoms with Crippen molar-refractivity contribution in [1.29, 1.82) is 0 Å². The number of hydrogen-bond donors (Lipinski definition) is 2. The van der Waals surface area contributed by atoms with Gasteiger partial charge in [0, 0.05) is 27.5 Å². The number of benzene rings is 6. The highest BCUT2D eigenvalue weighted by atomic mass is 127. The van der Waals surface area contributed by atoms with Gasteiger partial charge in [-0.1, -0.05) is 149 Å². The third-order valence-corrected chi connectivity index (χ3v) is 14.2. The van der Waals surface area contributed by atoms with Gasteiger partial charge in [-0.05, 0) is 159 Å². The molecule has 0 aliphatic carbocycles. The molecule has 8 rings (SSSR count). The molecular weight excluding hydrogens is 1090 g/mol. The summed E-state index contributed by atoms with van der Waals surface area (Å²) in [7, 11) is -1.37. The summed E-state index contributed by atoms with van der Waals surface area (Å²) in [6, 6.07) is 48.0. The van der Waals surface area contributed by atoms with Gasteiger partial charge < -0.3 is 38.0 Å². The quantitative estimate of drug-likeness (QED) is 0.0476. The lowest BCUT2D eigenvalue weighted by atomic mass is 9.78. The third kappa shape index (κ3) is 18.0. The van der Waals surface area contributed by atoms with Crippen molar-refractivity contribution in [2.75, 3.05) is 13.2 Å². The molecule has 2 N–H and O–H groups in total. The van der Waals surface area contributed by atoms with Crippen molar-refractivity contribution in [1.82, 2.24) is 10.3 Å². The molecule has 2 heterocycles. The number of carbonyl (C=O) groups excluding carboxylic acids is 2. The van der Waals surface area contributed by atoms with Crippen LogP contribution in [0.4, 0.5) is 0 Å². The smallest absolute Gasteiger partial charge is 0.488 e. The van der Waals surface area contributed by atoms with Gasteiger partial charge >= 0.3 is 19.1 Å². The fraction of sp³-hybridized carbons (Fsp3) is 0.312. The molecular formula is C64H72BIN2O10. The summed E-state index contributed by atoms with van der Waals surface area (Å²) in [5.41, 5.74) is 13.7. The summed E-state index contributed by atoms with van der Waals surface area (Å²) in [5, 5.41) is 25.8. The maximum Gasteiger partial charge on any atom is 0.488 e. The molecule has 0 amide bonds. The fourth-order valence-corrected chi connectivity index (χ4v) is 8.97. The lowest BCUT2D eigenvalue weighted by Gasteiger charge is -2.19. The number of carbonyl (C=O) groups is 2. The molecule has 2 aromatic heterocycles. The number of aromatic nitrogens is 2. The monoisotopic (exact) mass is 1170 g/mol. The van der Waals surface area contributed by atoms with Gasteiger partial charge in [0.05, 0.1) is 37.4 Å². The molecule has 0 saturated heterocycles. The van der Waals surface area contributed by atoms with E-state index in [0.717, 1.165) is 33.8 Å². The maximum absolute atomic E-state index is 12.2. The molecule has 0 fully saturated rings. The predicted octanol–water partition coefficient (Wildman–Crippen LogP) is 13.5. The van der Waals surface area contributed by atoms with Crippen molar-refractivity contribution >= 4 is 47.1 Å². The summed E-state index contributed by atoms with van der Waals surface area (Å²) in [6.45, 7) is 22.5. The molecule has 6 aromatic carbocycles. The van der Waals surface area contributed by atoms with Gasteiger partial charge in [0.1, 0.15) is 37.2 Å². The van der Waals surface area contributed by atoms with Crippen LogP contribution in [0.25, 0.3) is 11.1 Å². The Morgan fingerprint density at radius 1 is 0.564 bits per heavy atom. The van der Waals surface area contributed by atoms with Gasteiger partial charge in [0.2, 0.25) is 0 Å². The molecule has 0 unspecified atom stereocenters. The second kappa shape index (κ2) is 28.6.